The smallest absolute Gasteiger partial charge is 0.255 e. The first-order valence-electron chi connectivity index (χ1n) is 7.06. The molecular formula is C16H20N2O. The van der Waals surface area contributed by atoms with E-state index >= 15 is 0 Å². The van der Waals surface area contributed by atoms with E-state index in [0.29, 0.717) is 0 Å². The standard InChI is InChI=1S/C16H20N2O/c1-3-11-6-7-15-12(9-11)10-13(16(19)18(15)2)14-5-4-8-17-14/h6-7,9-10,14,17H,3-5,8H2,1-2H3. The van der Waals surface area contributed by atoms with E-state index < -0.39 is 0 Å². The van der Waals surface area contributed by atoms with Gasteiger partial charge in [-0.05, 0) is 55.0 Å². The molecular weight excluding hydrogens is 236 g/mol. The third-order valence-corrected chi connectivity index (χ3v) is 4.16. The second kappa shape index (κ2) is 4.82. The number of rotatable bonds is 2. The molecule has 0 saturated carbocycles. The molecule has 19 heavy (non-hydrogen) atoms. The van der Waals surface area contributed by atoms with E-state index in [1.54, 1.807) is 4.57 Å². The molecule has 2 aromatic rings. The summed E-state index contributed by atoms with van der Waals surface area (Å²) in [5, 5.41) is 4.59. The largest absolute Gasteiger partial charge is 0.311 e. The summed E-state index contributed by atoms with van der Waals surface area (Å²) in [5.41, 5.74) is 3.39. The molecule has 1 aliphatic rings. The third-order valence-electron chi connectivity index (χ3n) is 4.16. The first-order chi connectivity index (χ1) is 9.20. The van der Waals surface area contributed by atoms with E-state index in [0.717, 1.165) is 36.9 Å². The summed E-state index contributed by atoms with van der Waals surface area (Å²) in [5.74, 6) is 0. The van der Waals surface area contributed by atoms with Gasteiger partial charge in [-0.25, -0.2) is 0 Å². The van der Waals surface area contributed by atoms with Crippen LogP contribution in [0.2, 0.25) is 0 Å². The summed E-state index contributed by atoms with van der Waals surface area (Å²) in [7, 11) is 1.87. The van der Waals surface area contributed by atoms with Gasteiger partial charge in [-0.2, -0.15) is 0 Å². The van der Waals surface area contributed by atoms with Gasteiger partial charge >= 0.3 is 0 Å². The fraction of sp³-hybridized carbons (Fsp3) is 0.438. The number of fused-ring (bicyclic) bond motifs is 1. The molecule has 0 aliphatic carbocycles. The first-order valence-corrected chi connectivity index (χ1v) is 7.06. The number of aromatic nitrogens is 1. The highest BCUT2D eigenvalue weighted by Gasteiger charge is 2.20. The maximum absolute atomic E-state index is 12.4. The number of aryl methyl sites for hydroxylation is 2. The normalized spacial score (nSPS) is 19.2. The van der Waals surface area contributed by atoms with Crippen LogP contribution >= 0.6 is 0 Å². The molecule has 100 valence electrons. The van der Waals surface area contributed by atoms with Crippen molar-refractivity contribution >= 4 is 10.9 Å². The number of nitrogens with one attached hydrogen (secondary N) is 1. The first kappa shape index (κ1) is 12.4. The molecule has 1 N–H and O–H groups in total. The minimum atomic E-state index is 0.135. The molecule has 3 nitrogen and oxygen atoms in total. The van der Waals surface area contributed by atoms with E-state index in [-0.39, 0.29) is 11.6 Å². The van der Waals surface area contributed by atoms with E-state index in [1.165, 1.54) is 10.9 Å². The maximum atomic E-state index is 12.4. The predicted molar refractivity (Wildman–Crippen MR) is 78.5 cm³/mol. The number of hydrogen-bond acceptors (Lipinski definition) is 2. The van der Waals surface area contributed by atoms with Crippen molar-refractivity contribution in [3.8, 4) is 0 Å². The molecule has 2 heterocycles. The molecule has 0 radical (unpaired) electrons. The van der Waals surface area contributed by atoms with Crippen molar-refractivity contribution in [1.82, 2.24) is 9.88 Å². The predicted octanol–water partition coefficient (Wildman–Crippen LogP) is 2.53. The van der Waals surface area contributed by atoms with Crippen LogP contribution in [0.3, 0.4) is 0 Å². The van der Waals surface area contributed by atoms with Crippen LogP contribution in [0, 0.1) is 0 Å². The van der Waals surface area contributed by atoms with Gasteiger partial charge in [0.15, 0.2) is 0 Å². The summed E-state index contributed by atoms with van der Waals surface area (Å²) >= 11 is 0. The highest BCUT2D eigenvalue weighted by molar-refractivity contribution is 5.80. The van der Waals surface area contributed by atoms with Crippen LogP contribution in [0.1, 0.15) is 36.9 Å². The van der Waals surface area contributed by atoms with Gasteiger partial charge in [-0.1, -0.05) is 13.0 Å². The summed E-state index contributed by atoms with van der Waals surface area (Å²) in [6.07, 6.45) is 3.24. The quantitative estimate of drug-likeness (QED) is 0.896. The van der Waals surface area contributed by atoms with Crippen LogP contribution in [0.5, 0.6) is 0 Å². The zero-order valence-corrected chi connectivity index (χ0v) is 11.6. The minimum absolute atomic E-state index is 0.135. The number of nitrogens with zero attached hydrogens (tertiary/aromatic N) is 1. The maximum Gasteiger partial charge on any atom is 0.255 e. The highest BCUT2D eigenvalue weighted by atomic mass is 16.1. The molecule has 1 atom stereocenters. The fourth-order valence-electron chi connectivity index (χ4n) is 2.98. The Kier molecular flexibility index (Phi) is 3.15. The Labute approximate surface area is 113 Å². The van der Waals surface area contributed by atoms with Crippen molar-refractivity contribution in [3.05, 3.63) is 45.7 Å². The lowest BCUT2D eigenvalue weighted by Gasteiger charge is -2.14. The molecule has 1 saturated heterocycles. The Hall–Kier alpha value is -1.61. The molecule has 3 heteroatoms. The summed E-state index contributed by atoms with van der Waals surface area (Å²) in [6.45, 7) is 3.17. The van der Waals surface area contributed by atoms with Crippen molar-refractivity contribution in [2.24, 2.45) is 7.05 Å². The number of pyridine rings is 1. The van der Waals surface area contributed by atoms with Gasteiger partial charge in [-0.15, -0.1) is 0 Å². The summed E-state index contributed by atoms with van der Waals surface area (Å²) in [4.78, 5) is 12.4. The summed E-state index contributed by atoms with van der Waals surface area (Å²) in [6, 6.07) is 8.68. The van der Waals surface area contributed by atoms with E-state index in [4.69, 9.17) is 0 Å². The zero-order valence-electron chi connectivity index (χ0n) is 11.6. The topological polar surface area (TPSA) is 34.0 Å². The molecule has 0 spiro atoms. The van der Waals surface area contributed by atoms with E-state index in [9.17, 15) is 4.79 Å². The van der Waals surface area contributed by atoms with Crippen molar-refractivity contribution in [3.63, 3.8) is 0 Å². The monoisotopic (exact) mass is 256 g/mol. The molecule has 1 fully saturated rings. The van der Waals surface area contributed by atoms with Gasteiger partial charge in [-0.3, -0.25) is 4.79 Å². The highest BCUT2D eigenvalue weighted by Crippen LogP contribution is 2.24. The Balaban J connectivity index is 2.22. The van der Waals surface area contributed by atoms with Gasteiger partial charge in [0.25, 0.3) is 5.56 Å². The van der Waals surface area contributed by atoms with Gasteiger partial charge in [0.1, 0.15) is 0 Å². The van der Waals surface area contributed by atoms with Crippen molar-refractivity contribution in [1.29, 1.82) is 0 Å². The van der Waals surface area contributed by atoms with Crippen LogP contribution < -0.4 is 10.9 Å². The van der Waals surface area contributed by atoms with Gasteiger partial charge in [0, 0.05) is 18.7 Å². The SMILES string of the molecule is CCc1ccc2c(c1)cc(C1CCCN1)c(=O)n2C. The van der Waals surface area contributed by atoms with Crippen LogP contribution in [0.15, 0.2) is 29.1 Å². The lowest BCUT2D eigenvalue weighted by Crippen LogP contribution is -2.27. The Bertz CT molecular complexity index is 666. The number of hydrogen-bond donors (Lipinski definition) is 1. The molecule has 1 unspecified atom stereocenters. The molecule has 1 aliphatic heterocycles. The average molecular weight is 256 g/mol. The van der Waals surface area contributed by atoms with Crippen LogP contribution in [0.4, 0.5) is 0 Å². The Morgan fingerprint density at radius 1 is 1.37 bits per heavy atom. The van der Waals surface area contributed by atoms with Crippen LogP contribution in [0.25, 0.3) is 10.9 Å². The van der Waals surface area contributed by atoms with Gasteiger partial charge in [0.2, 0.25) is 0 Å². The molecule has 0 amide bonds. The minimum Gasteiger partial charge on any atom is -0.311 e. The van der Waals surface area contributed by atoms with Crippen LogP contribution in [-0.4, -0.2) is 11.1 Å². The van der Waals surface area contributed by atoms with Crippen molar-refractivity contribution in [2.75, 3.05) is 6.54 Å². The third kappa shape index (κ3) is 2.08. The van der Waals surface area contributed by atoms with Crippen LogP contribution in [-0.2, 0) is 13.5 Å². The molecule has 1 aromatic heterocycles. The van der Waals surface area contributed by atoms with E-state index in [1.807, 2.05) is 7.05 Å². The fourth-order valence-corrected chi connectivity index (χ4v) is 2.98. The summed E-state index contributed by atoms with van der Waals surface area (Å²) < 4.78 is 1.78. The van der Waals surface area contributed by atoms with E-state index in [2.05, 4.69) is 36.5 Å². The lowest BCUT2D eigenvalue weighted by atomic mass is 10.0. The second-order valence-corrected chi connectivity index (χ2v) is 5.36. The lowest BCUT2D eigenvalue weighted by molar-refractivity contribution is 0.633. The number of benzene rings is 1. The van der Waals surface area contributed by atoms with Crippen molar-refractivity contribution in [2.45, 2.75) is 32.2 Å². The van der Waals surface area contributed by atoms with Crippen molar-refractivity contribution < 1.29 is 0 Å². The second-order valence-electron chi connectivity index (χ2n) is 5.36. The average Bonchev–Trinajstić information content (AvgIpc) is 2.96. The molecule has 0 bridgehead atoms. The molecule has 3 rings (SSSR count). The Morgan fingerprint density at radius 2 is 2.21 bits per heavy atom. The zero-order chi connectivity index (χ0) is 13.4. The molecule has 1 aromatic carbocycles. The van der Waals surface area contributed by atoms with Gasteiger partial charge in [0.05, 0.1) is 5.52 Å². The van der Waals surface area contributed by atoms with Gasteiger partial charge < -0.3 is 9.88 Å². The Morgan fingerprint density at radius 3 is 2.89 bits per heavy atom.